The quantitative estimate of drug-likeness (QED) is 0.853. The molecule has 0 aliphatic carbocycles. The summed E-state index contributed by atoms with van der Waals surface area (Å²) >= 11 is 0. The van der Waals surface area contributed by atoms with Gasteiger partial charge in [0.2, 0.25) is 0 Å². The molecule has 5 nitrogen and oxygen atoms in total. The lowest BCUT2D eigenvalue weighted by Gasteiger charge is -2.26. The molecule has 5 heteroatoms. The average Bonchev–Trinajstić information content (AvgIpc) is 2.71. The minimum atomic E-state index is -0.176. The van der Waals surface area contributed by atoms with E-state index in [0.717, 1.165) is 37.1 Å². The molecule has 0 radical (unpaired) electrons. The third kappa shape index (κ3) is 5.58. The first kappa shape index (κ1) is 19.0. The van der Waals surface area contributed by atoms with E-state index in [1.165, 1.54) is 6.42 Å². The van der Waals surface area contributed by atoms with Gasteiger partial charge in [-0.15, -0.1) is 0 Å². The van der Waals surface area contributed by atoms with Crippen LogP contribution in [0.5, 0.6) is 5.75 Å². The highest BCUT2D eigenvalue weighted by Gasteiger charge is 2.17. The SMILES string of the molecule is Cc1cccc(OCC(=O)NCc2ccc(C(=O)N3CCCCC3)cc2)c1. The van der Waals surface area contributed by atoms with Crippen LogP contribution < -0.4 is 10.1 Å². The molecule has 2 aromatic rings. The summed E-state index contributed by atoms with van der Waals surface area (Å²) in [5, 5.41) is 2.84. The topological polar surface area (TPSA) is 58.6 Å². The van der Waals surface area contributed by atoms with Crippen LogP contribution in [0.4, 0.5) is 0 Å². The molecule has 0 saturated carbocycles. The monoisotopic (exact) mass is 366 g/mol. The molecule has 2 aromatic carbocycles. The smallest absolute Gasteiger partial charge is 0.258 e. The molecular formula is C22H26N2O3. The molecule has 0 spiro atoms. The molecule has 1 N–H and O–H groups in total. The Balaban J connectivity index is 1.45. The van der Waals surface area contributed by atoms with Crippen molar-refractivity contribution in [2.75, 3.05) is 19.7 Å². The molecule has 1 saturated heterocycles. The van der Waals surface area contributed by atoms with E-state index in [0.29, 0.717) is 17.9 Å². The first-order valence-corrected chi connectivity index (χ1v) is 9.46. The first-order valence-electron chi connectivity index (χ1n) is 9.46. The summed E-state index contributed by atoms with van der Waals surface area (Å²) in [6, 6.07) is 15.0. The van der Waals surface area contributed by atoms with Crippen molar-refractivity contribution in [1.82, 2.24) is 10.2 Å². The predicted molar refractivity (Wildman–Crippen MR) is 105 cm³/mol. The normalized spacial score (nSPS) is 13.9. The summed E-state index contributed by atoms with van der Waals surface area (Å²) in [5.74, 6) is 0.604. The highest BCUT2D eigenvalue weighted by molar-refractivity contribution is 5.94. The van der Waals surface area contributed by atoms with Gasteiger partial charge >= 0.3 is 0 Å². The van der Waals surface area contributed by atoms with E-state index in [9.17, 15) is 9.59 Å². The van der Waals surface area contributed by atoms with Crippen LogP contribution in [0.1, 0.15) is 40.7 Å². The van der Waals surface area contributed by atoms with Gasteiger partial charge in [-0.2, -0.15) is 0 Å². The van der Waals surface area contributed by atoms with Crippen LogP contribution in [0.25, 0.3) is 0 Å². The number of ether oxygens (including phenoxy) is 1. The summed E-state index contributed by atoms with van der Waals surface area (Å²) in [6.07, 6.45) is 3.37. The summed E-state index contributed by atoms with van der Waals surface area (Å²) in [6.45, 7) is 4.06. The Morgan fingerprint density at radius 3 is 2.48 bits per heavy atom. The maximum atomic E-state index is 12.5. The minimum absolute atomic E-state index is 0.0189. The molecule has 0 aromatic heterocycles. The number of carbonyl (C=O) groups is 2. The fourth-order valence-electron chi connectivity index (χ4n) is 3.15. The van der Waals surface area contributed by atoms with Crippen molar-refractivity contribution in [2.45, 2.75) is 32.7 Å². The summed E-state index contributed by atoms with van der Waals surface area (Å²) in [4.78, 5) is 26.3. The zero-order valence-corrected chi connectivity index (χ0v) is 15.7. The lowest BCUT2D eigenvalue weighted by molar-refractivity contribution is -0.123. The molecule has 1 heterocycles. The number of hydrogen-bond donors (Lipinski definition) is 1. The molecule has 0 bridgehead atoms. The largest absolute Gasteiger partial charge is 0.484 e. The average molecular weight is 366 g/mol. The maximum Gasteiger partial charge on any atom is 0.258 e. The van der Waals surface area contributed by atoms with E-state index in [4.69, 9.17) is 4.74 Å². The fraction of sp³-hybridized carbons (Fsp3) is 0.364. The third-order valence-corrected chi connectivity index (χ3v) is 4.69. The number of piperidine rings is 1. The van der Waals surface area contributed by atoms with Crippen molar-refractivity contribution in [2.24, 2.45) is 0 Å². The number of hydrogen-bond acceptors (Lipinski definition) is 3. The lowest BCUT2D eigenvalue weighted by atomic mass is 10.1. The molecule has 1 aliphatic rings. The van der Waals surface area contributed by atoms with Gasteiger partial charge in [-0.05, 0) is 61.6 Å². The van der Waals surface area contributed by atoms with Crippen LogP contribution in [0.15, 0.2) is 48.5 Å². The van der Waals surface area contributed by atoms with Gasteiger partial charge in [0, 0.05) is 25.2 Å². The second-order valence-corrected chi connectivity index (χ2v) is 6.93. The van der Waals surface area contributed by atoms with Gasteiger partial charge in [0.05, 0.1) is 0 Å². The predicted octanol–water partition coefficient (Wildman–Crippen LogP) is 3.32. The molecule has 142 valence electrons. The number of nitrogens with zero attached hydrogens (tertiary/aromatic N) is 1. The second kappa shape index (κ2) is 9.21. The Bertz CT molecular complexity index is 780. The van der Waals surface area contributed by atoms with E-state index < -0.39 is 0 Å². The van der Waals surface area contributed by atoms with Crippen molar-refractivity contribution in [3.63, 3.8) is 0 Å². The molecule has 27 heavy (non-hydrogen) atoms. The zero-order valence-electron chi connectivity index (χ0n) is 15.7. The van der Waals surface area contributed by atoms with Crippen LogP contribution in [0.2, 0.25) is 0 Å². The number of carbonyl (C=O) groups excluding carboxylic acids is 2. The molecule has 0 atom stereocenters. The van der Waals surface area contributed by atoms with Crippen molar-refractivity contribution in [1.29, 1.82) is 0 Å². The number of likely N-dealkylation sites (tertiary alicyclic amines) is 1. The zero-order chi connectivity index (χ0) is 19.1. The van der Waals surface area contributed by atoms with Gasteiger partial charge in [-0.25, -0.2) is 0 Å². The van der Waals surface area contributed by atoms with Crippen LogP contribution in [-0.2, 0) is 11.3 Å². The Labute approximate surface area is 160 Å². The minimum Gasteiger partial charge on any atom is -0.484 e. The Hall–Kier alpha value is -2.82. The number of aryl methyl sites for hydroxylation is 1. The van der Waals surface area contributed by atoms with Crippen molar-refractivity contribution >= 4 is 11.8 Å². The molecule has 1 aliphatic heterocycles. The van der Waals surface area contributed by atoms with Gasteiger partial charge in [-0.1, -0.05) is 24.3 Å². The summed E-state index contributed by atoms with van der Waals surface area (Å²) in [7, 11) is 0. The van der Waals surface area contributed by atoms with Gasteiger partial charge in [-0.3, -0.25) is 9.59 Å². The van der Waals surface area contributed by atoms with Gasteiger partial charge in [0.1, 0.15) is 5.75 Å². The summed E-state index contributed by atoms with van der Waals surface area (Å²) in [5.41, 5.74) is 2.75. The van der Waals surface area contributed by atoms with Crippen LogP contribution in [0.3, 0.4) is 0 Å². The van der Waals surface area contributed by atoms with E-state index in [1.54, 1.807) is 0 Å². The van der Waals surface area contributed by atoms with Crippen LogP contribution >= 0.6 is 0 Å². The Morgan fingerprint density at radius 1 is 1.04 bits per heavy atom. The van der Waals surface area contributed by atoms with E-state index >= 15 is 0 Å². The highest BCUT2D eigenvalue weighted by atomic mass is 16.5. The highest BCUT2D eigenvalue weighted by Crippen LogP contribution is 2.14. The second-order valence-electron chi connectivity index (χ2n) is 6.93. The van der Waals surface area contributed by atoms with Gasteiger partial charge < -0.3 is 15.0 Å². The number of benzene rings is 2. The third-order valence-electron chi connectivity index (χ3n) is 4.69. The van der Waals surface area contributed by atoms with E-state index in [2.05, 4.69) is 5.32 Å². The molecular weight excluding hydrogens is 340 g/mol. The maximum absolute atomic E-state index is 12.5. The number of amides is 2. The Kier molecular flexibility index (Phi) is 6.47. The van der Waals surface area contributed by atoms with Gasteiger partial charge in [0.15, 0.2) is 6.61 Å². The molecule has 1 fully saturated rings. The fourth-order valence-corrected chi connectivity index (χ4v) is 3.15. The van der Waals surface area contributed by atoms with Crippen molar-refractivity contribution in [3.8, 4) is 5.75 Å². The van der Waals surface area contributed by atoms with Crippen molar-refractivity contribution in [3.05, 3.63) is 65.2 Å². The van der Waals surface area contributed by atoms with Crippen LogP contribution in [0, 0.1) is 6.92 Å². The lowest BCUT2D eigenvalue weighted by Crippen LogP contribution is -2.35. The molecule has 2 amide bonds. The number of rotatable bonds is 6. The Morgan fingerprint density at radius 2 is 1.78 bits per heavy atom. The van der Waals surface area contributed by atoms with Crippen LogP contribution in [-0.4, -0.2) is 36.4 Å². The van der Waals surface area contributed by atoms with E-state index in [1.807, 2.05) is 60.4 Å². The number of nitrogens with one attached hydrogen (secondary N) is 1. The van der Waals surface area contributed by atoms with E-state index in [-0.39, 0.29) is 18.4 Å². The standard InChI is InChI=1S/C22H26N2O3/c1-17-6-5-7-20(14-17)27-16-21(25)23-15-18-8-10-19(11-9-18)22(26)24-12-3-2-4-13-24/h5-11,14H,2-4,12-13,15-16H2,1H3,(H,23,25). The summed E-state index contributed by atoms with van der Waals surface area (Å²) < 4.78 is 5.49. The van der Waals surface area contributed by atoms with Crippen molar-refractivity contribution < 1.29 is 14.3 Å². The first-order chi connectivity index (χ1) is 13.1. The molecule has 0 unspecified atom stereocenters. The molecule has 3 rings (SSSR count). The van der Waals surface area contributed by atoms with Gasteiger partial charge in [0.25, 0.3) is 11.8 Å².